The Morgan fingerprint density at radius 3 is 2.47 bits per heavy atom. The minimum atomic E-state index is -0.487. The van der Waals surface area contributed by atoms with Gasteiger partial charge in [0, 0.05) is 38.3 Å². The first-order chi connectivity index (χ1) is 16.4. The highest BCUT2D eigenvalue weighted by atomic mass is 16.6. The Morgan fingerprint density at radius 2 is 1.74 bits per heavy atom. The van der Waals surface area contributed by atoms with E-state index in [0.717, 1.165) is 17.4 Å². The maximum atomic E-state index is 13.2. The number of hydrogen-bond acceptors (Lipinski definition) is 6. The Balaban J connectivity index is 1.73. The topological polar surface area (TPSA) is 122 Å². The second-order valence-corrected chi connectivity index (χ2v) is 8.09. The van der Waals surface area contributed by atoms with Gasteiger partial charge in [-0.15, -0.1) is 10.2 Å². The lowest BCUT2D eigenvalue weighted by molar-refractivity contribution is -0.384. The second-order valence-electron chi connectivity index (χ2n) is 8.09. The van der Waals surface area contributed by atoms with Crippen LogP contribution in [0.5, 0.6) is 0 Å². The van der Waals surface area contributed by atoms with Gasteiger partial charge in [0.25, 0.3) is 11.2 Å². The van der Waals surface area contributed by atoms with Gasteiger partial charge in [-0.3, -0.25) is 24.0 Å². The molecule has 0 fully saturated rings. The molecule has 0 saturated carbocycles. The van der Waals surface area contributed by atoms with Gasteiger partial charge in [0.2, 0.25) is 5.78 Å². The summed E-state index contributed by atoms with van der Waals surface area (Å²) in [4.78, 5) is 36.7. The molecule has 5 rings (SSSR count). The third-order valence-corrected chi connectivity index (χ3v) is 5.98. The molecule has 11 nitrogen and oxygen atoms in total. The van der Waals surface area contributed by atoms with Gasteiger partial charge in [0.05, 0.1) is 4.92 Å². The standard InChI is InChI=1S/C23H21N7O4/c1-26-20-18(21(31)27(2)23(26)32)28(13-7-10-15-8-4-3-5-9-15)22-25-24-19(29(20)22)16-11-6-12-17(14-16)30(33)34/h3-6,8-9,11-12,14H,7,10,13H2,1-2H3. The number of aryl methyl sites for hydroxylation is 3. The summed E-state index contributed by atoms with van der Waals surface area (Å²) in [5.74, 6) is 0.705. The van der Waals surface area contributed by atoms with E-state index < -0.39 is 16.2 Å². The predicted octanol–water partition coefficient (Wildman–Crippen LogP) is 2.29. The van der Waals surface area contributed by atoms with E-state index in [9.17, 15) is 19.7 Å². The Kier molecular flexibility index (Phi) is 5.08. The molecule has 0 aliphatic rings. The summed E-state index contributed by atoms with van der Waals surface area (Å²) >= 11 is 0. The number of rotatable bonds is 6. The molecule has 3 aromatic heterocycles. The number of nitro benzene ring substituents is 1. The van der Waals surface area contributed by atoms with Crippen LogP contribution in [-0.4, -0.2) is 33.2 Å². The molecule has 0 saturated heterocycles. The minimum absolute atomic E-state index is 0.0920. The van der Waals surface area contributed by atoms with Crippen molar-refractivity contribution >= 4 is 22.6 Å². The van der Waals surface area contributed by atoms with Gasteiger partial charge in [0.15, 0.2) is 17.0 Å². The molecule has 0 bridgehead atoms. The number of imidazole rings is 1. The molecule has 0 N–H and O–H groups in total. The van der Waals surface area contributed by atoms with Gasteiger partial charge in [-0.2, -0.15) is 0 Å². The zero-order valence-electron chi connectivity index (χ0n) is 18.6. The molecule has 0 aliphatic heterocycles. The van der Waals surface area contributed by atoms with E-state index in [2.05, 4.69) is 10.2 Å². The quantitative estimate of drug-likeness (QED) is 0.284. The van der Waals surface area contributed by atoms with Gasteiger partial charge >= 0.3 is 5.69 Å². The van der Waals surface area contributed by atoms with E-state index >= 15 is 0 Å². The first kappa shape index (κ1) is 21.3. The van der Waals surface area contributed by atoms with Crippen LogP contribution in [0.3, 0.4) is 0 Å². The largest absolute Gasteiger partial charge is 0.332 e. The number of non-ortho nitro benzene ring substituents is 1. The van der Waals surface area contributed by atoms with Crippen molar-refractivity contribution in [2.45, 2.75) is 19.4 Å². The monoisotopic (exact) mass is 459 g/mol. The first-order valence-corrected chi connectivity index (χ1v) is 10.7. The van der Waals surface area contributed by atoms with Gasteiger partial charge in [0.1, 0.15) is 0 Å². The molecule has 34 heavy (non-hydrogen) atoms. The van der Waals surface area contributed by atoms with Crippen molar-refractivity contribution in [2.75, 3.05) is 0 Å². The molecule has 5 aromatic rings. The second kappa shape index (κ2) is 8.10. The van der Waals surface area contributed by atoms with Crippen molar-refractivity contribution in [2.24, 2.45) is 14.1 Å². The number of nitro groups is 1. The fraction of sp³-hybridized carbons (Fsp3) is 0.217. The average molecular weight is 459 g/mol. The van der Waals surface area contributed by atoms with E-state index in [1.165, 1.54) is 29.3 Å². The molecular formula is C23H21N7O4. The van der Waals surface area contributed by atoms with Crippen LogP contribution in [0.4, 0.5) is 5.69 Å². The SMILES string of the molecule is Cn1c(=O)c2c(n(C)c1=O)n1c(-c3cccc([N+](=O)[O-])c3)nnc1n2CCCc1ccccc1. The lowest BCUT2D eigenvalue weighted by Crippen LogP contribution is -2.37. The molecule has 0 atom stereocenters. The van der Waals surface area contributed by atoms with E-state index in [1.807, 2.05) is 30.3 Å². The van der Waals surface area contributed by atoms with E-state index in [4.69, 9.17) is 0 Å². The molecule has 0 radical (unpaired) electrons. The fourth-order valence-electron chi connectivity index (χ4n) is 4.30. The molecule has 11 heteroatoms. The van der Waals surface area contributed by atoms with Crippen LogP contribution in [0.25, 0.3) is 28.3 Å². The summed E-state index contributed by atoms with van der Waals surface area (Å²) in [6.07, 6.45) is 1.53. The van der Waals surface area contributed by atoms with Crippen LogP contribution < -0.4 is 11.2 Å². The van der Waals surface area contributed by atoms with E-state index in [-0.39, 0.29) is 5.69 Å². The Morgan fingerprint density at radius 1 is 0.971 bits per heavy atom. The molecule has 0 amide bonds. The Labute approximate surface area is 192 Å². The number of nitrogens with zero attached hydrogens (tertiary/aromatic N) is 7. The van der Waals surface area contributed by atoms with Crippen molar-refractivity contribution in [3.63, 3.8) is 0 Å². The highest BCUT2D eigenvalue weighted by Gasteiger charge is 2.24. The summed E-state index contributed by atoms with van der Waals surface area (Å²) in [6.45, 7) is 0.475. The Bertz CT molecular complexity index is 1680. The molecule has 0 spiro atoms. The molecule has 3 heterocycles. The summed E-state index contributed by atoms with van der Waals surface area (Å²) in [7, 11) is 3.02. The molecule has 0 unspecified atom stereocenters. The van der Waals surface area contributed by atoms with Crippen LogP contribution in [0.1, 0.15) is 12.0 Å². The number of benzene rings is 2. The summed E-state index contributed by atoms with van der Waals surface area (Å²) < 4.78 is 5.84. The molecule has 2 aromatic carbocycles. The third kappa shape index (κ3) is 3.29. The van der Waals surface area contributed by atoms with Crippen molar-refractivity contribution in [1.29, 1.82) is 0 Å². The maximum absolute atomic E-state index is 13.2. The molecule has 172 valence electrons. The highest BCUT2D eigenvalue weighted by Crippen LogP contribution is 2.27. The lowest BCUT2D eigenvalue weighted by atomic mass is 10.1. The fourth-order valence-corrected chi connectivity index (χ4v) is 4.30. The zero-order valence-corrected chi connectivity index (χ0v) is 18.6. The number of fused-ring (bicyclic) bond motifs is 3. The van der Waals surface area contributed by atoms with Crippen molar-refractivity contribution in [1.82, 2.24) is 28.3 Å². The normalized spacial score (nSPS) is 11.5. The summed E-state index contributed by atoms with van der Waals surface area (Å²) in [5, 5.41) is 19.9. The van der Waals surface area contributed by atoms with Gasteiger partial charge < -0.3 is 4.57 Å². The highest BCUT2D eigenvalue weighted by molar-refractivity contribution is 5.80. The Hall–Kier alpha value is -4.54. The van der Waals surface area contributed by atoms with Gasteiger partial charge in [-0.25, -0.2) is 9.20 Å². The van der Waals surface area contributed by atoms with Crippen LogP contribution in [0.2, 0.25) is 0 Å². The molecule has 0 aliphatic carbocycles. The smallest absolute Gasteiger partial charge is 0.302 e. The average Bonchev–Trinajstić information content (AvgIpc) is 3.41. The van der Waals surface area contributed by atoms with Crippen LogP contribution in [0.15, 0.2) is 64.2 Å². The predicted molar refractivity (Wildman–Crippen MR) is 126 cm³/mol. The van der Waals surface area contributed by atoms with Crippen molar-refractivity contribution in [3.05, 3.63) is 91.1 Å². The van der Waals surface area contributed by atoms with E-state index in [0.29, 0.717) is 34.9 Å². The van der Waals surface area contributed by atoms with Crippen molar-refractivity contribution < 1.29 is 4.92 Å². The van der Waals surface area contributed by atoms with Gasteiger partial charge in [-0.1, -0.05) is 42.5 Å². The number of aromatic nitrogens is 6. The first-order valence-electron chi connectivity index (χ1n) is 10.7. The summed E-state index contributed by atoms with van der Waals surface area (Å²) in [6, 6.07) is 16.0. The number of hydrogen-bond donors (Lipinski definition) is 0. The van der Waals surface area contributed by atoms with Crippen LogP contribution in [-0.2, 0) is 27.1 Å². The lowest BCUT2D eigenvalue weighted by Gasteiger charge is -2.08. The summed E-state index contributed by atoms with van der Waals surface area (Å²) in [5.41, 5.74) is 1.29. The zero-order chi connectivity index (χ0) is 24.0. The maximum Gasteiger partial charge on any atom is 0.332 e. The van der Waals surface area contributed by atoms with Gasteiger partial charge in [-0.05, 0) is 18.4 Å². The van der Waals surface area contributed by atoms with Crippen LogP contribution >= 0.6 is 0 Å². The van der Waals surface area contributed by atoms with Crippen molar-refractivity contribution in [3.8, 4) is 11.4 Å². The third-order valence-electron chi connectivity index (χ3n) is 5.98. The molecular weight excluding hydrogens is 438 g/mol. The minimum Gasteiger partial charge on any atom is -0.302 e. The van der Waals surface area contributed by atoms with Crippen LogP contribution in [0, 0.1) is 10.1 Å². The van der Waals surface area contributed by atoms with E-state index in [1.54, 1.807) is 28.1 Å².